The molecule has 18 heavy (non-hydrogen) atoms. The number of anilines is 1. The molecule has 0 aliphatic rings. The van der Waals surface area contributed by atoms with E-state index in [0.717, 1.165) is 5.56 Å². The number of carboxylic acid groups (broad SMARTS) is 1. The molecule has 0 amide bonds. The lowest BCUT2D eigenvalue weighted by molar-refractivity contribution is 0.0691. The van der Waals surface area contributed by atoms with Crippen LogP contribution in [0.15, 0.2) is 42.6 Å². The second kappa shape index (κ2) is 5.51. The van der Waals surface area contributed by atoms with Gasteiger partial charge in [0.2, 0.25) is 0 Å². The van der Waals surface area contributed by atoms with Gasteiger partial charge in [0.25, 0.3) is 0 Å². The van der Waals surface area contributed by atoms with E-state index < -0.39 is 5.97 Å². The van der Waals surface area contributed by atoms with Crippen LogP contribution >= 0.6 is 11.6 Å². The van der Waals surface area contributed by atoms with Crippen LogP contribution in [0.5, 0.6) is 0 Å². The highest BCUT2D eigenvalue weighted by Gasteiger charge is 2.10. The summed E-state index contributed by atoms with van der Waals surface area (Å²) in [7, 11) is 0. The molecule has 0 radical (unpaired) electrons. The van der Waals surface area contributed by atoms with Crippen LogP contribution in [0, 0.1) is 0 Å². The molecule has 0 atom stereocenters. The van der Waals surface area contributed by atoms with Crippen molar-refractivity contribution in [3.8, 4) is 0 Å². The first-order valence-electron chi connectivity index (χ1n) is 5.34. The summed E-state index contributed by atoms with van der Waals surface area (Å²) in [6, 6.07) is 10.8. The molecular weight excluding hydrogens is 252 g/mol. The topological polar surface area (TPSA) is 62.2 Å². The van der Waals surface area contributed by atoms with E-state index in [0.29, 0.717) is 17.3 Å². The second-order valence-electron chi connectivity index (χ2n) is 3.65. The van der Waals surface area contributed by atoms with Gasteiger partial charge in [-0.15, -0.1) is 0 Å². The molecule has 0 unspecified atom stereocenters. The Balaban J connectivity index is 2.16. The molecule has 0 fully saturated rings. The van der Waals surface area contributed by atoms with Gasteiger partial charge in [0.05, 0.1) is 5.69 Å². The number of carbonyl (C=O) groups is 1. The molecule has 0 saturated carbocycles. The molecule has 0 spiro atoms. The normalized spacial score (nSPS) is 10.1. The van der Waals surface area contributed by atoms with Crippen molar-refractivity contribution in [3.05, 3.63) is 58.9 Å². The Morgan fingerprint density at radius 3 is 2.78 bits per heavy atom. The van der Waals surface area contributed by atoms with E-state index in [4.69, 9.17) is 16.7 Å². The second-order valence-corrected chi connectivity index (χ2v) is 4.06. The Labute approximate surface area is 109 Å². The van der Waals surface area contributed by atoms with Crippen molar-refractivity contribution >= 4 is 23.3 Å². The van der Waals surface area contributed by atoms with E-state index in [1.54, 1.807) is 18.2 Å². The molecule has 0 aliphatic heterocycles. The average molecular weight is 263 g/mol. The fourth-order valence-electron chi connectivity index (χ4n) is 1.55. The molecule has 0 bridgehead atoms. The summed E-state index contributed by atoms with van der Waals surface area (Å²) in [5, 5.41) is 12.7. The molecule has 2 aromatic rings. The Bertz CT molecular complexity index is 572. The van der Waals surface area contributed by atoms with E-state index in [-0.39, 0.29) is 5.69 Å². The summed E-state index contributed by atoms with van der Waals surface area (Å²) in [6.07, 6.45) is 1.45. The largest absolute Gasteiger partial charge is 0.476 e. The van der Waals surface area contributed by atoms with Gasteiger partial charge in [0, 0.05) is 17.8 Å². The fourth-order valence-corrected chi connectivity index (χ4v) is 1.75. The number of hydrogen-bond acceptors (Lipinski definition) is 3. The molecule has 0 aliphatic carbocycles. The zero-order valence-corrected chi connectivity index (χ0v) is 10.2. The van der Waals surface area contributed by atoms with Crippen molar-refractivity contribution in [2.24, 2.45) is 0 Å². The molecular formula is C13H11ClN2O2. The lowest BCUT2D eigenvalue weighted by Gasteiger charge is -2.09. The van der Waals surface area contributed by atoms with Gasteiger partial charge < -0.3 is 10.4 Å². The zero-order valence-electron chi connectivity index (χ0n) is 9.43. The van der Waals surface area contributed by atoms with Gasteiger partial charge in [-0.2, -0.15) is 0 Å². The molecule has 92 valence electrons. The van der Waals surface area contributed by atoms with Crippen molar-refractivity contribution < 1.29 is 9.90 Å². The lowest BCUT2D eigenvalue weighted by atomic mass is 10.2. The molecule has 1 aromatic heterocycles. The van der Waals surface area contributed by atoms with Crippen molar-refractivity contribution in [1.29, 1.82) is 0 Å². The smallest absolute Gasteiger partial charge is 0.356 e. The van der Waals surface area contributed by atoms with Crippen LogP contribution < -0.4 is 5.32 Å². The van der Waals surface area contributed by atoms with Gasteiger partial charge in [-0.05, 0) is 23.8 Å². The number of hydrogen-bond donors (Lipinski definition) is 2. The summed E-state index contributed by atoms with van der Waals surface area (Å²) >= 11 is 6.02. The van der Waals surface area contributed by atoms with E-state index in [2.05, 4.69) is 10.3 Å². The summed E-state index contributed by atoms with van der Waals surface area (Å²) in [4.78, 5) is 14.8. The summed E-state index contributed by atoms with van der Waals surface area (Å²) in [6.45, 7) is 0.450. The molecule has 5 heteroatoms. The number of aromatic carboxylic acids is 1. The van der Waals surface area contributed by atoms with E-state index in [9.17, 15) is 4.79 Å². The predicted octanol–water partition coefficient (Wildman–Crippen LogP) is 3.05. The van der Waals surface area contributed by atoms with E-state index >= 15 is 0 Å². The van der Waals surface area contributed by atoms with Crippen LogP contribution in [0.1, 0.15) is 16.1 Å². The van der Waals surface area contributed by atoms with Crippen LogP contribution in [-0.4, -0.2) is 16.1 Å². The highest BCUT2D eigenvalue weighted by molar-refractivity contribution is 6.31. The molecule has 1 heterocycles. The highest BCUT2D eigenvalue weighted by atomic mass is 35.5. The standard InChI is InChI=1S/C13H11ClN2O2/c14-10-5-2-1-4-9(10)8-16-11-6-3-7-15-12(11)13(17)18/h1-7,16H,8H2,(H,17,18). The maximum Gasteiger partial charge on any atom is 0.356 e. The number of carboxylic acids is 1. The molecule has 2 rings (SSSR count). The Hall–Kier alpha value is -2.07. The van der Waals surface area contributed by atoms with Crippen LogP contribution in [0.2, 0.25) is 5.02 Å². The van der Waals surface area contributed by atoms with E-state index in [1.807, 2.05) is 18.2 Å². The average Bonchev–Trinajstić information content (AvgIpc) is 2.38. The fraction of sp³-hybridized carbons (Fsp3) is 0.0769. The third-order valence-corrected chi connectivity index (χ3v) is 2.81. The van der Waals surface area contributed by atoms with Gasteiger partial charge >= 0.3 is 5.97 Å². The number of halogens is 1. The number of rotatable bonds is 4. The number of benzene rings is 1. The first-order valence-corrected chi connectivity index (χ1v) is 5.72. The van der Waals surface area contributed by atoms with Crippen molar-refractivity contribution in [1.82, 2.24) is 4.98 Å². The van der Waals surface area contributed by atoms with E-state index in [1.165, 1.54) is 6.20 Å². The van der Waals surface area contributed by atoms with Crippen molar-refractivity contribution in [2.45, 2.75) is 6.54 Å². The minimum Gasteiger partial charge on any atom is -0.476 e. The van der Waals surface area contributed by atoms with Crippen LogP contribution in [0.3, 0.4) is 0 Å². The Kier molecular flexibility index (Phi) is 3.79. The van der Waals surface area contributed by atoms with Gasteiger partial charge in [0.1, 0.15) is 0 Å². The first kappa shape index (κ1) is 12.4. The third-order valence-electron chi connectivity index (χ3n) is 2.44. The minimum atomic E-state index is -1.06. The zero-order chi connectivity index (χ0) is 13.0. The maximum absolute atomic E-state index is 11.0. The summed E-state index contributed by atoms with van der Waals surface area (Å²) in [5.41, 5.74) is 1.38. The SMILES string of the molecule is O=C(O)c1ncccc1NCc1ccccc1Cl. The lowest BCUT2D eigenvalue weighted by Crippen LogP contribution is -2.08. The van der Waals surface area contributed by atoms with Crippen LogP contribution in [0.25, 0.3) is 0 Å². The summed E-state index contributed by atoms with van der Waals surface area (Å²) < 4.78 is 0. The number of aromatic nitrogens is 1. The molecule has 4 nitrogen and oxygen atoms in total. The van der Waals surface area contributed by atoms with Gasteiger partial charge in [-0.1, -0.05) is 29.8 Å². The summed E-state index contributed by atoms with van der Waals surface area (Å²) in [5.74, 6) is -1.06. The monoisotopic (exact) mass is 262 g/mol. The minimum absolute atomic E-state index is 0.00422. The Morgan fingerprint density at radius 1 is 1.28 bits per heavy atom. The predicted molar refractivity (Wildman–Crippen MR) is 70.0 cm³/mol. The van der Waals surface area contributed by atoms with Gasteiger partial charge in [0.15, 0.2) is 5.69 Å². The molecule has 1 aromatic carbocycles. The van der Waals surface area contributed by atoms with Crippen molar-refractivity contribution in [2.75, 3.05) is 5.32 Å². The van der Waals surface area contributed by atoms with Crippen LogP contribution in [-0.2, 0) is 6.54 Å². The molecule has 2 N–H and O–H groups in total. The number of nitrogens with zero attached hydrogens (tertiary/aromatic N) is 1. The van der Waals surface area contributed by atoms with Crippen molar-refractivity contribution in [3.63, 3.8) is 0 Å². The first-order chi connectivity index (χ1) is 8.68. The number of pyridine rings is 1. The number of nitrogens with one attached hydrogen (secondary N) is 1. The maximum atomic E-state index is 11.0. The van der Waals surface area contributed by atoms with Gasteiger partial charge in [-0.25, -0.2) is 9.78 Å². The molecule has 0 saturated heterocycles. The van der Waals surface area contributed by atoms with Crippen LogP contribution in [0.4, 0.5) is 5.69 Å². The van der Waals surface area contributed by atoms with Gasteiger partial charge in [-0.3, -0.25) is 0 Å². The quantitative estimate of drug-likeness (QED) is 0.889. The third kappa shape index (κ3) is 2.78. The highest BCUT2D eigenvalue weighted by Crippen LogP contribution is 2.18. The Morgan fingerprint density at radius 2 is 2.06 bits per heavy atom.